The number of unbranched alkanes of at least 4 members (excludes halogenated alkanes) is 1. The molecule has 2 unspecified atom stereocenters. The van der Waals surface area contributed by atoms with Crippen LogP contribution in [0.25, 0.3) is 0 Å². The van der Waals surface area contributed by atoms with E-state index in [1.807, 2.05) is 18.2 Å². The number of aldehydes is 1. The number of ether oxygens (including phenoxy) is 1. The molecular formula is C33H43NO3. The third kappa shape index (κ3) is 8.54. The number of benzene rings is 1. The van der Waals surface area contributed by atoms with Gasteiger partial charge in [-0.3, -0.25) is 9.78 Å². The summed E-state index contributed by atoms with van der Waals surface area (Å²) in [5, 5.41) is 0. The number of ketones is 1. The normalized spacial score (nSPS) is 17.5. The van der Waals surface area contributed by atoms with Crippen LogP contribution >= 0.6 is 0 Å². The first-order valence-electron chi connectivity index (χ1n) is 14.0. The molecular weight excluding hydrogens is 458 g/mol. The molecule has 37 heavy (non-hydrogen) atoms. The van der Waals surface area contributed by atoms with Crippen molar-refractivity contribution in [1.29, 1.82) is 0 Å². The van der Waals surface area contributed by atoms with Crippen molar-refractivity contribution in [3.05, 3.63) is 76.3 Å². The molecule has 1 saturated carbocycles. The van der Waals surface area contributed by atoms with Gasteiger partial charge in [-0.25, -0.2) is 0 Å². The van der Waals surface area contributed by atoms with E-state index < -0.39 is 0 Å². The molecule has 0 N–H and O–H groups in total. The number of nitrogens with zero attached hydrogens (tertiary/aromatic N) is 1. The van der Waals surface area contributed by atoms with Crippen LogP contribution in [0.5, 0.6) is 5.75 Å². The maximum atomic E-state index is 13.1. The summed E-state index contributed by atoms with van der Waals surface area (Å²) in [6.07, 6.45) is 12.0. The lowest BCUT2D eigenvalue weighted by Gasteiger charge is -2.15. The van der Waals surface area contributed by atoms with Crippen LogP contribution in [0.3, 0.4) is 0 Å². The number of allylic oxidation sites excluding steroid dienone is 1. The van der Waals surface area contributed by atoms with Gasteiger partial charge in [0, 0.05) is 48.2 Å². The Hall–Kier alpha value is -2.97. The molecule has 2 aromatic rings. The zero-order chi connectivity index (χ0) is 26.6. The van der Waals surface area contributed by atoms with Crippen molar-refractivity contribution >= 4 is 12.1 Å². The van der Waals surface area contributed by atoms with Gasteiger partial charge in [0.05, 0.1) is 7.11 Å². The maximum Gasteiger partial charge on any atom is 0.163 e. The van der Waals surface area contributed by atoms with E-state index in [0.717, 1.165) is 84.6 Å². The van der Waals surface area contributed by atoms with Crippen LogP contribution in [-0.4, -0.2) is 24.2 Å². The molecule has 1 aromatic heterocycles. The van der Waals surface area contributed by atoms with E-state index in [9.17, 15) is 9.59 Å². The number of carbonyl (C=O) groups is 2. The number of aromatic nitrogens is 1. The number of hydrogen-bond acceptors (Lipinski definition) is 4. The molecule has 3 rings (SSSR count). The SMILES string of the molecule is C=C=C(CC)Cc1ccc(Cc2ccc(C(=O)CC3CCCC(C)CC3)cc2OC)nc1CCCC=O. The third-order valence-corrected chi connectivity index (χ3v) is 7.77. The molecule has 1 aromatic carbocycles. The summed E-state index contributed by atoms with van der Waals surface area (Å²) in [5.74, 6) is 2.22. The summed E-state index contributed by atoms with van der Waals surface area (Å²) < 4.78 is 5.71. The van der Waals surface area contributed by atoms with E-state index >= 15 is 0 Å². The van der Waals surface area contributed by atoms with Gasteiger partial charge < -0.3 is 9.53 Å². The van der Waals surface area contributed by atoms with Crippen molar-refractivity contribution in [3.63, 3.8) is 0 Å². The van der Waals surface area contributed by atoms with Crippen molar-refractivity contribution in [3.8, 4) is 5.75 Å². The van der Waals surface area contributed by atoms with Gasteiger partial charge in [-0.05, 0) is 60.8 Å². The van der Waals surface area contributed by atoms with Gasteiger partial charge in [0.25, 0.3) is 0 Å². The zero-order valence-electron chi connectivity index (χ0n) is 23.0. The molecule has 1 aliphatic carbocycles. The topological polar surface area (TPSA) is 56.3 Å². The second kappa shape index (κ2) is 14.7. The lowest BCUT2D eigenvalue weighted by atomic mass is 9.91. The number of methoxy groups -OCH3 is 1. The Balaban J connectivity index is 1.76. The number of pyridine rings is 1. The first-order chi connectivity index (χ1) is 18.0. The van der Waals surface area contributed by atoms with Crippen molar-refractivity contribution in [2.24, 2.45) is 11.8 Å². The molecule has 1 aliphatic rings. The van der Waals surface area contributed by atoms with Crippen LogP contribution in [0, 0.1) is 11.8 Å². The molecule has 0 amide bonds. The predicted molar refractivity (Wildman–Crippen MR) is 150 cm³/mol. The summed E-state index contributed by atoms with van der Waals surface area (Å²) >= 11 is 0. The van der Waals surface area contributed by atoms with Crippen LogP contribution in [0.4, 0.5) is 0 Å². The van der Waals surface area contributed by atoms with E-state index in [0.29, 0.717) is 25.2 Å². The first-order valence-corrected chi connectivity index (χ1v) is 14.0. The first kappa shape index (κ1) is 28.6. The van der Waals surface area contributed by atoms with E-state index in [2.05, 4.69) is 38.3 Å². The maximum absolute atomic E-state index is 13.1. The fraction of sp³-hybridized carbons (Fsp3) is 0.515. The van der Waals surface area contributed by atoms with E-state index in [1.165, 1.54) is 24.8 Å². The number of rotatable bonds is 13. The molecule has 0 aliphatic heterocycles. The molecule has 2 atom stereocenters. The van der Waals surface area contributed by atoms with E-state index in [-0.39, 0.29) is 5.78 Å². The van der Waals surface area contributed by atoms with Crippen LogP contribution < -0.4 is 4.74 Å². The highest BCUT2D eigenvalue weighted by molar-refractivity contribution is 5.96. The van der Waals surface area contributed by atoms with Crippen molar-refractivity contribution < 1.29 is 14.3 Å². The summed E-state index contributed by atoms with van der Waals surface area (Å²) in [7, 11) is 1.66. The summed E-state index contributed by atoms with van der Waals surface area (Å²) in [6, 6.07) is 10.1. The van der Waals surface area contributed by atoms with Crippen LogP contribution in [0.15, 0.2) is 48.2 Å². The Morgan fingerprint density at radius 3 is 2.70 bits per heavy atom. The minimum atomic E-state index is 0.214. The monoisotopic (exact) mass is 501 g/mol. The highest BCUT2D eigenvalue weighted by atomic mass is 16.5. The average molecular weight is 502 g/mol. The summed E-state index contributed by atoms with van der Waals surface area (Å²) in [6.45, 7) is 8.25. The molecule has 0 saturated heterocycles. The van der Waals surface area contributed by atoms with Gasteiger partial charge in [-0.1, -0.05) is 64.3 Å². The standard InChI is InChI=1S/C33H43NO3/c1-5-25(6-2)20-27-17-18-30(34-31(27)12-7-8-19-35)22-29-16-15-28(23-33(29)37-4)32(36)21-26-11-9-10-24(3)13-14-26/h15-19,23-24,26H,1,6-14,20-22H2,2-4H3. The third-order valence-electron chi connectivity index (χ3n) is 7.77. The quantitative estimate of drug-likeness (QED) is 0.0929. The Morgan fingerprint density at radius 2 is 1.97 bits per heavy atom. The minimum Gasteiger partial charge on any atom is -0.496 e. The van der Waals surface area contributed by atoms with Gasteiger partial charge in [0.2, 0.25) is 0 Å². The van der Waals surface area contributed by atoms with Gasteiger partial charge in [0.1, 0.15) is 12.0 Å². The highest BCUT2D eigenvalue weighted by Crippen LogP contribution is 2.31. The summed E-state index contributed by atoms with van der Waals surface area (Å²) in [5.41, 5.74) is 9.11. The molecule has 1 heterocycles. The molecule has 0 bridgehead atoms. The Labute approximate surface area is 223 Å². The molecule has 198 valence electrons. The number of aryl methyl sites for hydroxylation is 1. The second-order valence-electron chi connectivity index (χ2n) is 10.6. The largest absolute Gasteiger partial charge is 0.496 e. The predicted octanol–water partition coefficient (Wildman–Crippen LogP) is 7.66. The molecule has 1 fully saturated rings. The Bertz CT molecular complexity index is 1110. The molecule has 4 nitrogen and oxygen atoms in total. The van der Waals surface area contributed by atoms with Gasteiger partial charge in [0.15, 0.2) is 5.78 Å². The molecule has 0 radical (unpaired) electrons. The zero-order valence-corrected chi connectivity index (χ0v) is 23.0. The number of Topliss-reactive ketones (excluding diaryl/α,β-unsaturated/α-hetero) is 1. The lowest BCUT2D eigenvalue weighted by Crippen LogP contribution is -2.09. The highest BCUT2D eigenvalue weighted by Gasteiger charge is 2.20. The lowest BCUT2D eigenvalue weighted by molar-refractivity contribution is -0.107. The Morgan fingerprint density at radius 1 is 1.16 bits per heavy atom. The van der Waals surface area contributed by atoms with Crippen LogP contribution in [0.2, 0.25) is 0 Å². The number of hydrogen-bond donors (Lipinski definition) is 0. The van der Waals surface area contributed by atoms with Crippen molar-refractivity contribution in [1.82, 2.24) is 4.98 Å². The van der Waals surface area contributed by atoms with E-state index in [1.54, 1.807) is 7.11 Å². The van der Waals surface area contributed by atoms with Crippen molar-refractivity contribution in [2.75, 3.05) is 7.11 Å². The fourth-order valence-corrected chi connectivity index (χ4v) is 5.35. The number of carbonyl (C=O) groups excluding carboxylic acids is 2. The summed E-state index contributed by atoms with van der Waals surface area (Å²) in [4.78, 5) is 28.9. The minimum absolute atomic E-state index is 0.214. The second-order valence-corrected chi connectivity index (χ2v) is 10.6. The van der Waals surface area contributed by atoms with Crippen molar-refractivity contribution in [2.45, 2.75) is 90.9 Å². The average Bonchev–Trinajstić information content (AvgIpc) is 3.12. The van der Waals surface area contributed by atoms with Crippen LogP contribution in [-0.2, 0) is 24.1 Å². The van der Waals surface area contributed by atoms with E-state index in [4.69, 9.17) is 9.72 Å². The van der Waals surface area contributed by atoms with Gasteiger partial charge >= 0.3 is 0 Å². The Kier molecular flexibility index (Phi) is 11.4. The fourth-order valence-electron chi connectivity index (χ4n) is 5.35. The molecule has 4 heteroatoms. The van der Waals surface area contributed by atoms with Gasteiger partial charge in [-0.2, -0.15) is 0 Å². The van der Waals surface area contributed by atoms with Gasteiger partial charge in [-0.15, -0.1) is 5.73 Å². The molecule has 0 spiro atoms. The smallest absolute Gasteiger partial charge is 0.163 e. The van der Waals surface area contributed by atoms with Crippen LogP contribution in [0.1, 0.15) is 105 Å².